The summed E-state index contributed by atoms with van der Waals surface area (Å²) in [6, 6.07) is 5.91. The summed E-state index contributed by atoms with van der Waals surface area (Å²) in [5.41, 5.74) is 0.934. The number of carboxylic acid groups (broad SMARTS) is 1. The minimum Gasteiger partial charge on any atom is -0.478 e. The van der Waals surface area contributed by atoms with Crippen LogP contribution in [0.3, 0.4) is 0 Å². The molecule has 1 saturated carbocycles. The van der Waals surface area contributed by atoms with Gasteiger partial charge in [0.25, 0.3) is 0 Å². The van der Waals surface area contributed by atoms with Crippen LogP contribution in [0.25, 0.3) is 0 Å². The lowest BCUT2D eigenvalue weighted by atomic mass is 10.0. The molecule has 2 rings (SSSR count). The number of carboxylic acids is 1. The molecule has 0 aliphatic heterocycles. The quantitative estimate of drug-likeness (QED) is 0.763. The number of carbonyl (C=O) groups excluding carboxylic acids is 1. The van der Waals surface area contributed by atoms with Crippen LogP contribution in [0.1, 0.15) is 36.5 Å². The Morgan fingerprint density at radius 3 is 2.68 bits per heavy atom. The first-order valence-electron chi connectivity index (χ1n) is 6.43. The molecular weight excluding hydrogens is 244 g/mol. The second-order valence-electron chi connectivity index (χ2n) is 5.05. The average Bonchev–Trinajstić information content (AvgIpc) is 3.17. The van der Waals surface area contributed by atoms with Gasteiger partial charge >= 0.3 is 12.0 Å². The van der Waals surface area contributed by atoms with E-state index in [4.69, 9.17) is 5.11 Å². The summed E-state index contributed by atoms with van der Waals surface area (Å²) in [5.74, 6) is -1.01. The Kier molecular flexibility index (Phi) is 3.74. The van der Waals surface area contributed by atoms with Gasteiger partial charge in [-0.1, -0.05) is 13.0 Å². The zero-order chi connectivity index (χ0) is 13.9. The molecule has 1 aliphatic carbocycles. The molecule has 5 heteroatoms. The number of rotatable bonds is 5. The standard InChI is InChI=1S/C14H18N2O3/c1-2-14(6-7-14)9-15-13(19)16-11-5-3-4-10(8-11)12(17)18/h3-5,8H,2,6-7,9H2,1H3,(H,17,18)(H2,15,16,19). The van der Waals surface area contributed by atoms with Crippen LogP contribution in [-0.4, -0.2) is 23.7 Å². The third-order valence-electron chi connectivity index (χ3n) is 3.70. The average molecular weight is 262 g/mol. The molecule has 0 heterocycles. The van der Waals surface area contributed by atoms with Crippen LogP contribution < -0.4 is 10.6 Å². The fourth-order valence-electron chi connectivity index (χ4n) is 2.01. The molecular formula is C14H18N2O3. The summed E-state index contributed by atoms with van der Waals surface area (Å²) in [7, 11) is 0. The van der Waals surface area contributed by atoms with Crippen molar-refractivity contribution in [2.75, 3.05) is 11.9 Å². The van der Waals surface area contributed by atoms with E-state index < -0.39 is 5.97 Å². The fourth-order valence-corrected chi connectivity index (χ4v) is 2.01. The summed E-state index contributed by atoms with van der Waals surface area (Å²) < 4.78 is 0. The first-order valence-corrected chi connectivity index (χ1v) is 6.43. The molecule has 1 fully saturated rings. The van der Waals surface area contributed by atoms with Gasteiger partial charge in [0.1, 0.15) is 0 Å². The van der Waals surface area contributed by atoms with Crippen LogP contribution in [-0.2, 0) is 0 Å². The second kappa shape index (κ2) is 5.30. The maximum absolute atomic E-state index is 11.7. The minimum atomic E-state index is -1.01. The van der Waals surface area contributed by atoms with Crippen molar-refractivity contribution in [3.05, 3.63) is 29.8 Å². The summed E-state index contributed by atoms with van der Waals surface area (Å²) in [6.45, 7) is 2.80. The van der Waals surface area contributed by atoms with Gasteiger partial charge in [-0.25, -0.2) is 9.59 Å². The maximum Gasteiger partial charge on any atom is 0.335 e. The molecule has 0 bridgehead atoms. The van der Waals surface area contributed by atoms with Crippen LogP contribution in [0, 0.1) is 5.41 Å². The highest BCUT2D eigenvalue weighted by Crippen LogP contribution is 2.47. The predicted octanol–water partition coefficient (Wildman–Crippen LogP) is 2.70. The number of anilines is 1. The van der Waals surface area contributed by atoms with Crippen LogP contribution in [0.2, 0.25) is 0 Å². The Balaban J connectivity index is 1.88. The van der Waals surface area contributed by atoms with E-state index in [1.165, 1.54) is 12.1 Å². The third-order valence-corrected chi connectivity index (χ3v) is 3.70. The normalized spacial score (nSPS) is 15.6. The first kappa shape index (κ1) is 13.4. The van der Waals surface area contributed by atoms with Crippen molar-refractivity contribution in [3.63, 3.8) is 0 Å². The molecule has 0 atom stereocenters. The molecule has 1 aliphatic rings. The van der Waals surface area contributed by atoms with Gasteiger partial charge in [0, 0.05) is 12.2 Å². The number of hydrogen-bond donors (Lipinski definition) is 3. The fraction of sp³-hybridized carbons (Fsp3) is 0.429. The Labute approximate surface area is 112 Å². The van der Waals surface area contributed by atoms with Crippen molar-refractivity contribution in [2.45, 2.75) is 26.2 Å². The number of benzene rings is 1. The highest BCUT2D eigenvalue weighted by Gasteiger charge is 2.40. The Morgan fingerprint density at radius 2 is 2.11 bits per heavy atom. The number of nitrogens with one attached hydrogen (secondary N) is 2. The van der Waals surface area contributed by atoms with Gasteiger partial charge in [-0.2, -0.15) is 0 Å². The molecule has 2 amide bonds. The van der Waals surface area contributed by atoms with Crippen molar-refractivity contribution in [2.24, 2.45) is 5.41 Å². The summed E-state index contributed by atoms with van der Waals surface area (Å²) in [5, 5.41) is 14.3. The van der Waals surface area contributed by atoms with Gasteiger partial charge in [-0.05, 0) is 42.9 Å². The zero-order valence-corrected chi connectivity index (χ0v) is 10.9. The highest BCUT2D eigenvalue weighted by atomic mass is 16.4. The summed E-state index contributed by atoms with van der Waals surface area (Å²) >= 11 is 0. The molecule has 0 radical (unpaired) electrons. The van der Waals surface area contributed by atoms with Gasteiger partial charge in [0.2, 0.25) is 0 Å². The summed E-state index contributed by atoms with van der Waals surface area (Å²) in [4.78, 5) is 22.5. The predicted molar refractivity (Wildman–Crippen MR) is 72.4 cm³/mol. The lowest BCUT2D eigenvalue weighted by Crippen LogP contribution is -2.33. The smallest absolute Gasteiger partial charge is 0.335 e. The van der Waals surface area contributed by atoms with E-state index >= 15 is 0 Å². The molecule has 3 N–H and O–H groups in total. The van der Waals surface area contributed by atoms with E-state index in [9.17, 15) is 9.59 Å². The monoisotopic (exact) mass is 262 g/mol. The molecule has 102 valence electrons. The summed E-state index contributed by atoms with van der Waals surface area (Å²) in [6.07, 6.45) is 3.40. The second-order valence-corrected chi connectivity index (χ2v) is 5.05. The Bertz CT molecular complexity index is 495. The SMILES string of the molecule is CCC1(CNC(=O)Nc2cccc(C(=O)O)c2)CC1. The maximum atomic E-state index is 11.7. The van der Waals surface area contributed by atoms with E-state index in [1.807, 2.05) is 0 Å². The molecule has 0 spiro atoms. The van der Waals surface area contributed by atoms with Crippen LogP contribution in [0.4, 0.5) is 10.5 Å². The van der Waals surface area contributed by atoms with Gasteiger partial charge in [0.05, 0.1) is 5.56 Å². The van der Waals surface area contributed by atoms with E-state index in [1.54, 1.807) is 12.1 Å². The van der Waals surface area contributed by atoms with Gasteiger partial charge in [-0.15, -0.1) is 0 Å². The molecule has 0 saturated heterocycles. The van der Waals surface area contributed by atoms with Crippen LogP contribution in [0.5, 0.6) is 0 Å². The van der Waals surface area contributed by atoms with E-state index in [0.717, 1.165) is 19.3 Å². The largest absolute Gasteiger partial charge is 0.478 e. The molecule has 19 heavy (non-hydrogen) atoms. The van der Waals surface area contributed by atoms with Gasteiger partial charge < -0.3 is 15.7 Å². The molecule has 0 unspecified atom stereocenters. The van der Waals surface area contributed by atoms with Crippen molar-refractivity contribution >= 4 is 17.7 Å². The zero-order valence-electron chi connectivity index (χ0n) is 10.9. The van der Waals surface area contributed by atoms with Crippen molar-refractivity contribution in [3.8, 4) is 0 Å². The van der Waals surface area contributed by atoms with E-state index in [0.29, 0.717) is 17.6 Å². The van der Waals surface area contributed by atoms with Gasteiger partial charge in [-0.3, -0.25) is 0 Å². The number of carbonyl (C=O) groups is 2. The molecule has 1 aromatic rings. The molecule has 1 aromatic carbocycles. The van der Waals surface area contributed by atoms with Gasteiger partial charge in [0.15, 0.2) is 0 Å². The van der Waals surface area contributed by atoms with Crippen LogP contribution in [0.15, 0.2) is 24.3 Å². The lowest BCUT2D eigenvalue weighted by Gasteiger charge is -2.14. The minimum absolute atomic E-state index is 0.157. The highest BCUT2D eigenvalue weighted by molar-refractivity contribution is 5.93. The van der Waals surface area contributed by atoms with Crippen LogP contribution >= 0.6 is 0 Å². The number of amides is 2. The van der Waals surface area contributed by atoms with E-state index in [2.05, 4.69) is 17.6 Å². The Morgan fingerprint density at radius 1 is 1.37 bits per heavy atom. The lowest BCUT2D eigenvalue weighted by molar-refractivity contribution is 0.0697. The Hall–Kier alpha value is -2.04. The first-order chi connectivity index (χ1) is 9.04. The number of hydrogen-bond acceptors (Lipinski definition) is 2. The topological polar surface area (TPSA) is 78.4 Å². The van der Waals surface area contributed by atoms with E-state index in [-0.39, 0.29) is 11.6 Å². The third kappa shape index (κ3) is 3.47. The number of urea groups is 1. The van der Waals surface area contributed by atoms with Crippen molar-refractivity contribution in [1.82, 2.24) is 5.32 Å². The number of aromatic carboxylic acids is 1. The molecule has 5 nitrogen and oxygen atoms in total. The van der Waals surface area contributed by atoms with Crippen molar-refractivity contribution in [1.29, 1.82) is 0 Å². The van der Waals surface area contributed by atoms with Crippen molar-refractivity contribution < 1.29 is 14.7 Å². The molecule has 0 aromatic heterocycles.